The van der Waals surface area contributed by atoms with Gasteiger partial charge in [0.05, 0.1) is 16.8 Å². The van der Waals surface area contributed by atoms with Crippen molar-refractivity contribution < 1.29 is 14.3 Å². The van der Waals surface area contributed by atoms with E-state index < -0.39 is 5.60 Å². The van der Waals surface area contributed by atoms with E-state index in [4.69, 9.17) is 9.47 Å². The van der Waals surface area contributed by atoms with E-state index in [1.807, 2.05) is 51.1 Å². The minimum atomic E-state index is -0.426. The fourth-order valence-electron chi connectivity index (χ4n) is 4.65. The van der Waals surface area contributed by atoms with Crippen molar-refractivity contribution in [3.8, 4) is 10.9 Å². The Kier molecular flexibility index (Phi) is 5.65. The number of likely N-dealkylation sites (tertiary alicyclic amines) is 2. The third kappa shape index (κ3) is 4.80. The minimum absolute atomic E-state index is 0.125. The Morgan fingerprint density at radius 1 is 1.06 bits per heavy atom. The molecule has 2 bridgehead atoms. The van der Waals surface area contributed by atoms with Crippen LogP contribution in [0.1, 0.15) is 32.8 Å². The van der Waals surface area contributed by atoms with Gasteiger partial charge in [-0.05, 0) is 57.0 Å². The number of thiazole rings is 1. The van der Waals surface area contributed by atoms with Gasteiger partial charge in [-0.3, -0.25) is 14.6 Å². The second-order valence-electron chi connectivity index (χ2n) is 9.68. The van der Waals surface area contributed by atoms with Gasteiger partial charge in [-0.15, -0.1) is 0 Å². The number of ether oxygens (including phenoxy) is 2. The first-order valence-electron chi connectivity index (χ1n) is 11.1. The Labute approximate surface area is 192 Å². The topological polar surface area (TPSA) is 54.9 Å². The van der Waals surface area contributed by atoms with Gasteiger partial charge < -0.3 is 9.47 Å². The first-order valence-corrected chi connectivity index (χ1v) is 12.0. The molecule has 6 nitrogen and oxygen atoms in total. The van der Waals surface area contributed by atoms with Crippen molar-refractivity contribution in [1.82, 2.24) is 14.8 Å². The smallest absolute Gasteiger partial charge is 0.320 e. The Hall–Kier alpha value is -2.48. The van der Waals surface area contributed by atoms with Crippen molar-refractivity contribution in [3.05, 3.63) is 54.1 Å². The average molecular weight is 452 g/mol. The lowest BCUT2D eigenvalue weighted by Gasteiger charge is -2.34. The van der Waals surface area contributed by atoms with E-state index in [1.54, 1.807) is 11.3 Å². The van der Waals surface area contributed by atoms with E-state index in [0.29, 0.717) is 23.8 Å². The third-order valence-electron chi connectivity index (χ3n) is 6.01. The molecule has 0 aliphatic carbocycles. The number of fused-ring (bicyclic) bond motifs is 3. The van der Waals surface area contributed by atoms with Crippen LogP contribution in [0.15, 0.2) is 48.5 Å². The Bertz CT molecular complexity index is 1070. The summed E-state index contributed by atoms with van der Waals surface area (Å²) in [5.41, 5.74) is 1.81. The lowest BCUT2D eigenvalue weighted by atomic mass is 10.2. The Morgan fingerprint density at radius 2 is 1.78 bits per heavy atom. The summed E-state index contributed by atoms with van der Waals surface area (Å²) in [7, 11) is 0. The van der Waals surface area contributed by atoms with E-state index >= 15 is 0 Å². The summed E-state index contributed by atoms with van der Waals surface area (Å²) in [5, 5.41) is 0.667. The van der Waals surface area contributed by atoms with Gasteiger partial charge in [0.2, 0.25) is 0 Å². The van der Waals surface area contributed by atoms with Gasteiger partial charge in [0.15, 0.2) is 0 Å². The molecular formula is C25H29N3O3S. The molecule has 0 amide bonds. The summed E-state index contributed by atoms with van der Waals surface area (Å²) in [5.74, 6) is 0.680. The molecule has 2 fully saturated rings. The summed E-state index contributed by atoms with van der Waals surface area (Å²) in [6.45, 7) is 8.99. The summed E-state index contributed by atoms with van der Waals surface area (Å²) >= 11 is 1.56. The predicted molar refractivity (Wildman–Crippen MR) is 126 cm³/mol. The molecule has 2 aromatic carbocycles. The van der Waals surface area contributed by atoms with Gasteiger partial charge in [-0.25, -0.2) is 4.98 Å². The Balaban J connectivity index is 1.14. The van der Waals surface area contributed by atoms with Crippen LogP contribution in [0.5, 0.6) is 10.9 Å². The van der Waals surface area contributed by atoms with Crippen LogP contribution in [0.4, 0.5) is 0 Å². The van der Waals surface area contributed by atoms with Crippen molar-refractivity contribution in [2.75, 3.05) is 19.6 Å². The molecule has 2 aliphatic rings. The largest absolute Gasteiger partial charge is 0.459 e. The normalized spacial score (nSPS) is 21.3. The van der Waals surface area contributed by atoms with Gasteiger partial charge in [0, 0.05) is 31.7 Å². The van der Waals surface area contributed by atoms with Crippen molar-refractivity contribution in [2.45, 2.75) is 51.4 Å². The van der Waals surface area contributed by atoms with Gasteiger partial charge >= 0.3 is 5.97 Å². The van der Waals surface area contributed by atoms with Gasteiger partial charge in [-0.1, -0.05) is 35.6 Å². The molecule has 0 unspecified atom stereocenters. The lowest BCUT2D eigenvalue weighted by Crippen LogP contribution is -2.48. The second-order valence-corrected chi connectivity index (χ2v) is 10.7. The van der Waals surface area contributed by atoms with Gasteiger partial charge in [0.1, 0.15) is 11.4 Å². The number of esters is 1. The molecule has 0 spiro atoms. The second kappa shape index (κ2) is 8.46. The van der Waals surface area contributed by atoms with Crippen LogP contribution in [0, 0.1) is 0 Å². The van der Waals surface area contributed by atoms with Gasteiger partial charge in [0.25, 0.3) is 5.19 Å². The minimum Gasteiger partial charge on any atom is -0.459 e. The van der Waals surface area contributed by atoms with Crippen LogP contribution < -0.4 is 4.74 Å². The molecule has 2 aliphatic heterocycles. The fraction of sp³-hybridized carbons (Fsp3) is 0.440. The van der Waals surface area contributed by atoms with Crippen molar-refractivity contribution in [3.63, 3.8) is 0 Å². The van der Waals surface area contributed by atoms with Crippen LogP contribution in [0.2, 0.25) is 0 Å². The van der Waals surface area contributed by atoms with E-state index in [2.05, 4.69) is 33.0 Å². The maximum Gasteiger partial charge on any atom is 0.320 e. The lowest BCUT2D eigenvalue weighted by molar-refractivity contribution is -0.156. The summed E-state index contributed by atoms with van der Waals surface area (Å²) in [4.78, 5) is 21.5. The number of carbonyl (C=O) groups excluding carboxylic acids is 1. The van der Waals surface area contributed by atoms with E-state index in [9.17, 15) is 4.79 Å². The number of hydrogen-bond donors (Lipinski definition) is 0. The molecule has 3 aromatic rings. The van der Waals surface area contributed by atoms with Crippen molar-refractivity contribution in [2.24, 2.45) is 0 Å². The molecule has 3 heterocycles. The molecule has 0 radical (unpaired) electrons. The molecular weight excluding hydrogens is 422 g/mol. The van der Waals surface area contributed by atoms with E-state index in [1.165, 1.54) is 5.56 Å². The molecule has 0 saturated carbocycles. The number of hydrogen-bond acceptors (Lipinski definition) is 7. The third-order valence-corrected chi connectivity index (χ3v) is 6.92. The number of nitrogens with zero attached hydrogens (tertiary/aromatic N) is 3. The highest BCUT2D eigenvalue weighted by Gasteiger charge is 2.43. The Morgan fingerprint density at radius 3 is 2.47 bits per heavy atom. The van der Waals surface area contributed by atoms with Gasteiger partial charge in [-0.2, -0.15) is 0 Å². The average Bonchev–Trinajstić information content (AvgIpc) is 3.41. The number of piperazine rings is 1. The predicted octanol–water partition coefficient (Wildman–Crippen LogP) is 4.69. The summed E-state index contributed by atoms with van der Waals surface area (Å²) in [6, 6.07) is 17.3. The van der Waals surface area contributed by atoms with Crippen LogP contribution in [-0.2, 0) is 16.1 Å². The monoisotopic (exact) mass is 451 g/mol. The molecule has 32 heavy (non-hydrogen) atoms. The molecule has 168 valence electrons. The number of rotatable bonds is 6. The molecule has 1 aromatic heterocycles. The molecule has 0 N–H and O–H groups in total. The first-order chi connectivity index (χ1) is 15.3. The van der Waals surface area contributed by atoms with Crippen LogP contribution in [0.25, 0.3) is 10.2 Å². The summed E-state index contributed by atoms with van der Waals surface area (Å²) < 4.78 is 12.6. The maximum atomic E-state index is 12.2. The van der Waals surface area contributed by atoms with E-state index in [0.717, 1.165) is 42.0 Å². The fourth-order valence-corrected chi connectivity index (χ4v) is 5.49. The highest BCUT2D eigenvalue weighted by atomic mass is 32.1. The zero-order chi connectivity index (χ0) is 22.3. The quantitative estimate of drug-likeness (QED) is 0.507. The van der Waals surface area contributed by atoms with Crippen LogP contribution >= 0.6 is 11.3 Å². The molecule has 5 rings (SSSR count). The zero-order valence-corrected chi connectivity index (χ0v) is 19.6. The van der Waals surface area contributed by atoms with Crippen molar-refractivity contribution >= 4 is 27.5 Å². The number of para-hydroxylation sites is 1. The van der Waals surface area contributed by atoms with Crippen molar-refractivity contribution in [1.29, 1.82) is 0 Å². The maximum absolute atomic E-state index is 12.2. The SMILES string of the molecule is CC(C)(C)OC(=O)CN1C[C@H]2C[C@H]1CN2Cc1ccc(Oc2nc3ccccc3s2)cc1. The number of benzene rings is 2. The first kappa shape index (κ1) is 21.4. The standard InChI is InChI=1S/C25H29N3O3S/c1-25(2,3)31-23(29)16-28-15-18-12-19(28)14-27(18)13-17-8-10-20(11-9-17)30-24-26-21-6-4-5-7-22(21)32-24/h4-11,18-19H,12-16H2,1-3H3/t18-,19+/m1/s1. The molecule has 2 atom stereocenters. The number of carbonyl (C=O) groups is 1. The van der Waals surface area contributed by atoms with E-state index in [-0.39, 0.29) is 5.97 Å². The van der Waals surface area contributed by atoms with Crippen LogP contribution in [-0.4, -0.2) is 58.1 Å². The highest BCUT2D eigenvalue weighted by Crippen LogP contribution is 2.33. The molecule has 2 saturated heterocycles. The summed E-state index contributed by atoms with van der Waals surface area (Å²) in [6.07, 6.45) is 1.13. The molecule has 7 heteroatoms. The van der Waals surface area contributed by atoms with Crippen LogP contribution in [0.3, 0.4) is 0 Å². The number of aromatic nitrogens is 1. The highest BCUT2D eigenvalue weighted by molar-refractivity contribution is 7.20. The zero-order valence-electron chi connectivity index (χ0n) is 18.8.